The molecular formula is C21H24N4O3. The van der Waals surface area contributed by atoms with Crippen molar-refractivity contribution in [2.45, 2.75) is 32.2 Å². The Hall–Kier alpha value is -3.09. The van der Waals surface area contributed by atoms with Crippen LogP contribution in [-0.2, 0) is 11.2 Å². The smallest absolute Gasteiger partial charge is 0.242 e. The van der Waals surface area contributed by atoms with Crippen molar-refractivity contribution in [3.8, 4) is 5.75 Å². The second-order valence-electron chi connectivity index (χ2n) is 6.96. The van der Waals surface area contributed by atoms with Gasteiger partial charge in [-0.1, -0.05) is 0 Å². The molecule has 3 aromatic rings. The Morgan fingerprint density at radius 1 is 1.36 bits per heavy atom. The first-order chi connectivity index (χ1) is 13.7. The van der Waals surface area contributed by atoms with E-state index >= 15 is 0 Å². The molecule has 146 valence electrons. The van der Waals surface area contributed by atoms with Crippen molar-refractivity contribution in [1.29, 1.82) is 0 Å². The number of carbonyl (C=O) groups is 1. The molecule has 1 aromatic carbocycles. The molecule has 1 fully saturated rings. The highest BCUT2D eigenvalue weighted by Gasteiger charge is 2.32. The monoisotopic (exact) mass is 380 g/mol. The van der Waals surface area contributed by atoms with Crippen molar-refractivity contribution in [3.63, 3.8) is 0 Å². The lowest BCUT2D eigenvalue weighted by Crippen LogP contribution is -2.44. The zero-order valence-corrected chi connectivity index (χ0v) is 16.1. The Bertz CT molecular complexity index is 971. The summed E-state index contributed by atoms with van der Waals surface area (Å²) < 4.78 is 10.6. The van der Waals surface area contributed by atoms with Crippen LogP contribution in [0.1, 0.15) is 24.3 Å². The molecule has 1 aliphatic rings. The van der Waals surface area contributed by atoms with E-state index in [4.69, 9.17) is 14.1 Å². The maximum Gasteiger partial charge on any atom is 0.242 e. The van der Waals surface area contributed by atoms with Gasteiger partial charge in [-0.15, -0.1) is 0 Å². The summed E-state index contributed by atoms with van der Waals surface area (Å²) in [5.74, 6) is 2.27. The van der Waals surface area contributed by atoms with E-state index in [1.807, 2.05) is 42.2 Å². The fourth-order valence-corrected chi connectivity index (χ4v) is 3.66. The zero-order valence-electron chi connectivity index (χ0n) is 16.1. The number of carbonyl (C=O) groups excluding carboxylic acids is 1. The van der Waals surface area contributed by atoms with Crippen molar-refractivity contribution >= 4 is 22.8 Å². The predicted octanol–water partition coefficient (Wildman–Crippen LogP) is 2.87. The molecule has 1 saturated heterocycles. The first-order valence-electron chi connectivity index (χ1n) is 9.55. The number of ether oxygens (including phenoxy) is 1. The molecule has 0 spiro atoms. The molecule has 7 heteroatoms. The summed E-state index contributed by atoms with van der Waals surface area (Å²) >= 11 is 0. The molecule has 0 aliphatic carbocycles. The number of aryl methyl sites for hydroxylation is 1. The van der Waals surface area contributed by atoms with Crippen LogP contribution in [0.25, 0.3) is 10.9 Å². The third-order valence-electron chi connectivity index (χ3n) is 5.14. The molecule has 1 N–H and O–H groups in total. The first kappa shape index (κ1) is 18.3. The SMILES string of the molecule is COc1ccc2nc(N3CCCC3C(=O)NCCc3ccco3)nc(C)c2c1. The summed E-state index contributed by atoms with van der Waals surface area (Å²) in [6, 6.07) is 9.28. The Kier molecular flexibility index (Phi) is 5.14. The number of nitrogens with one attached hydrogen (secondary N) is 1. The number of methoxy groups -OCH3 is 1. The normalized spacial score (nSPS) is 16.5. The third-order valence-corrected chi connectivity index (χ3v) is 5.14. The highest BCUT2D eigenvalue weighted by molar-refractivity contribution is 5.87. The molecule has 2 aromatic heterocycles. The van der Waals surface area contributed by atoms with Crippen LogP contribution in [0.5, 0.6) is 5.75 Å². The maximum absolute atomic E-state index is 12.7. The summed E-state index contributed by atoms with van der Waals surface area (Å²) in [5.41, 5.74) is 1.73. The highest BCUT2D eigenvalue weighted by atomic mass is 16.5. The number of hydrogen-bond acceptors (Lipinski definition) is 6. The second kappa shape index (κ2) is 7.88. The van der Waals surface area contributed by atoms with E-state index in [9.17, 15) is 4.79 Å². The number of nitrogens with zero attached hydrogens (tertiary/aromatic N) is 3. The largest absolute Gasteiger partial charge is 0.497 e. The average Bonchev–Trinajstić information content (AvgIpc) is 3.39. The molecule has 7 nitrogen and oxygen atoms in total. The Labute approximate surface area is 163 Å². The number of benzene rings is 1. The minimum Gasteiger partial charge on any atom is -0.497 e. The van der Waals surface area contributed by atoms with Crippen molar-refractivity contribution in [2.24, 2.45) is 0 Å². The predicted molar refractivity (Wildman–Crippen MR) is 107 cm³/mol. The zero-order chi connectivity index (χ0) is 19.5. The van der Waals surface area contributed by atoms with E-state index in [0.717, 1.165) is 47.5 Å². The quantitative estimate of drug-likeness (QED) is 0.708. The summed E-state index contributed by atoms with van der Waals surface area (Å²) in [4.78, 5) is 24.1. The molecule has 0 radical (unpaired) electrons. The molecule has 1 unspecified atom stereocenters. The van der Waals surface area contributed by atoms with Crippen LogP contribution in [0, 0.1) is 6.92 Å². The highest BCUT2D eigenvalue weighted by Crippen LogP contribution is 2.27. The van der Waals surface area contributed by atoms with Gasteiger partial charge in [-0.25, -0.2) is 9.97 Å². The van der Waals surface area contributed by atoms with Gasteiger partial charge < -0.3 is 19.4 Å². The van der Waals surface area contributed by atoms with Gasteiger partial charge in [0.1, 0.15) is 17.6 Å². The molecule has 1 atom stereocenters. The number of aromatic nitrogens is 2. The first-order valence-corrected chi connectivity index (χ1v) is 9.55. The van der Waals surface area contributed by atoms with Gasteiger partial charge in [0.2, 0.25) is 11.9 Å². The average molecular weight is 380 g/mol. The third kappa shape index (κ3) is 3.65. The topological polar surface area (TPSA) is 80.5 Å². The van der Waals surface area contributed by atoms with Gasteiger partial charge in [-0.3, -0.25) is 4.79 Å². The molecule has 0 saturated carbocycles. The van der Waals surface area contributed by atoms with Gasteiger partial charge in [-0.05, 0) is 50.1 Å². The summed E-state index contributed by atoms with van der Waals surface area (Å²) in [7, 11) is 1.64. The van der Waals surface area contributed by atoms with E-state index in [0.29, 0.717) is 18.9 Å². The fraction of sp³-hybridized carbons (Fsp3) is 0.381. The Morgan fingerprint density at radius 2 is 2.25 bits per heavy atom. The van der Waals surface area contributed by atoms with Crippen molar-refractivity contribution in [1.82, 2.24) is 15.3 Å². The van der Waals surface area contributed by atoms with Crippen LogP contribution in [-0.4, -0.2) is 42.1 Å². The van der Waals surface area contributed by atoms with E-state index < -0.39 is 0 Å². The molecule has 4 rings (SSSR count). The van der Waals surface area contributed by atoms with Gasteiger partial charge >= 0.3 is 0 Å². The molecule has 28 heavy (non-hydrogen) atoms. The molecule has 0 bridgehead atoms. The number of hydrogen-bond donors (Lipinski definition) is 1. The lowest BCUT2D eigenvalue weighted by atomic mass is 10.2. The lowest BCUT2D eigenvalue weighted by molar-refractivity contribution is -0.122. The Balaban J connectivity index is 1.50. The van der Waals surface area contributed by atoms with Gasteiger partial charge in [0.05, 0.1) is 24.6 Å². The van der Waals surface area contributed by atoms with Crippen molar-refractivity contribution < 1.29 is 13.9 Å². The van der Waals surface area contributed by atoms with Crippen molar-refractivity contribution in [2.75, 3.05) is 25.1 Å². The standard InChI is InChI=1S/C21H24N4O3/c1-14-17-13-16(27-2)7-8-18(17)24-21(23-14)25-11-3-6-19(25)20(26)22-10-9-15-5-4-12-28-15/h4-5,7-8,12-13,19H,3,6,9-11H2,1-2H3,(H,22,26). The number of rotatable bonds is 6. The number of fused-ring (bicyclic) bond motifs is 1. The van der Waals surface area contributed by atoms with Crippen LogP contribution >= 0.6 is 0 Å². The second-order valence-corrected chi connectivity index (χ2v) is 6.96. The Morgan fingerprint density at radius 3 is 3.04 bits per heavy atom. The van der Waals surface area contributed by atoms with Crippen LogP contribution in [0.3, 0.4) is 0 Å². The van der Waals surface area contributed by atoms with Gasteiger partial charge in [0.25, 0.3) is 0 Å². The van der Waals surface area contributed by atoms with Gasteiger partial charge in [0, 0.05) is 24.9 Å². The summed E-state index contributed by atoms with van der Waals surface area (Å²) in [5, 5.41) is 3.98. The minimum absolute atomic E-state index is 0.0140. The lowest BCUT2D eigenvalue weighted by Gasteiger charge is -2.24. The van der Waals surface area contributed by atoms with Crippen LogP contribution in [0.4, 0.5) is 5.95 Å². The van der Waals surface area contributed by atoms with Crippen molar-refractivity contribution in [3.05, 3.63) is 48.0 Å². The fourth-order valence-electron chi connectivity index (χ4n) is 3.66. The number of amides is 1. The summed E-state index contributed by atoms with van der Waals surface area (Å²) in [6.45, 7) is 3.28. The van der Waals surface area contributed by atoms with E-state index in [-0.39, 0.29) is 11.9 Å². The van der Waals surface area contributed by atoms with Crippen LogP contribution in [0.15, 0.2) is 41.0 Å². The number of anilines is 1. The van der Waals surface area contributed by atoms with Gasteiger partial charge in [-0.2, -0.15) is 0 Å². The van der Waals surface area contributed by atoms with Crippen LogP contribution < -0.4 is 15.0 Å². The summed E-state index contributed by atoms with van der Waals surface area (Å²) in [6.07, 6.45) is 4.07. The number of furan rings is 1. The molecule has 1 amide bonds. The van der Waals surface area contributed by atoms with E-state index in [1.54, 1.807) is 13.4 Å². The van der Waals surface area contributed by atoms with Crippen LogP contribution in [0.2, 0.25) is 0 Å². The molecular weight excluding hydrogens is 356 g/mol. The molecule has 1 aliphatic heterocycles. The van der Waals surface area contributed by atoms with E-state index in [2.05, 4.69) is 10.3 Å². The maximum atomic E-state index is 12.7. The van der Waals surface area contributed by atoms with Gasteiger partial charge in [0.15, 0.2) is 0 Å². The minimum atomic E-state index is -0.244. The molecule has 3 heterocycles. The van der Waals surface area contributed by atoms with E-state index in [1.165, 1.54) is 0 Å².